The highest BCUT2D eigenvalue weighted by atomic mass is 16.1. The predicted molar refractivity (Wildman–Crippen MR) is 58.2 cm³/mol. The zero-order valence-corrected chi connectivity index (χ0v) is 8.79. The first-order valence-electron chi connectivity index (χ1n) is 4.95. The standard InChI is InChI=1S/C12H17NO/c1-10(9-13-2)12(14)8-11-6-4-3-5-7-11/h3-7,10,13H,8-9H2,1-2H3. The summed E-state index contributed by atoms with van der Waals surface area (Å²) in [4.78, 5) is 11.7. The van der Waals surface area contributed by atoms with Crippen molar-refractivity contribution in [3.05, 3.63) is 35.9 Å². The van der Waals surface area contributed by atoms with Crippen LogP contribution in [0.25, 0.3) is 0 Å². The van der Waals surface area contributed by atoms with Gasteiger partial charge in [-0.3, -0.25) is 4.79 Å². The Balaban J connectivity index is 2.49. The van der Waals surface area contributed by atoms with Gasteiger partial charge < -0.3 is 5.32 Å². The molecule has 0 spiro atoms. The molecular formula is C12H17NO. The van der Waals surface area contributed by atoms with Crippen molar-refractivity contribution in [2.75, 3.05) is 13.6 Å². The summed E-state index contributed by atoms with van der Waals surface area (Å²) in [6.45, 7) is 2.72. The van der Waals surface area contributed by atoms with E-state index >= 15 is 0 Å². The van der Waals surface area contributed by atoms with Gasteiger partial charge in [0.1, 0.15) is 5.78 Å². The molecule has 76 valence electrons. The average molecular weight is 191 g/mol. The second-order valence-corrected chi connectivity index (χ2v) is 3.59. The van der Waals surface area contributed by atoms with E-state index in [9.17, 15) is 4.79 Å². The molecule has 0 radical (unpaired) electrons. The summed E-state index contributed by atoms with van der Waals surface area (Å²) < 4.78 is 0. The summed E-state index contributed by atoms with van der Waals surface area (Å²) in [6.07, 6.45) is 0.545. The average Bonchev–Trinajstić information content (AvgIpc) is 2.19. The molecule has 0 aromatic heterocycles. The van der Waals surface area contributed by atoms with Gasteiger partial charge in [-0.2, -0.15) is 0 Å². The maximum absolute atomic E-state index is 11.7. The summed E-state index contributed by atoms with van der Waals surface area (Å²) in [5.41, 5.74) is 1.10. The molecule has 0 aliphatic rings. The summed E-state index contributed by atoms with van der Waals surface area (Å²) in [7, 11) is 1.87. The van der Waals surface area contributed by atoms with Gasteiger partial charge in [-0.25, -0.2) is 0 Å². The van der Waals surface area contributed by atoms with Gasteiger partial charge in [-0.1, -0.05) is 37.3 Å². The first-order chi connectivity index (χ1) is 6.74. The topological polar surface area (TPSA) is 29.1 Å². The highest BCUT2D eigenvalue weighted by Crippen LogP contribution is 2.05. The molecule has 0 aliphatic carbocycles. The van der Waals surface area contributed by atoms with Crippen molar-refractivity contribution in [1.82, 2.24) is 5.32 Å². The number of rotatable bonds is 5. The molecule has 1 atom stereocenters. The Kier molecular flexibility index (Phi) is 4.33. The molecule has 2 nitrogen and oxygen atoms in total. The van der Waals surface area contributed by atoms with Crippen molar-refractivity contribution < 1.29 is 4.79 Å². The van der Waals surface area contributed by atoms with Crippen LogP contribution in [0.1, 0.15) is 12.5 Å². The highest BCUT2D eigenvalue weighted by Gasteiger charge is 2.11. The molecule has 0 heterocycles. The maximum Gasteiger partial charge on any atom is 0.141 e. The zero-order valence-electron chi connectivity index (χ0n) is 8.79. The van der Waals surface area contributed by atoms with E-state index in [1.54, 1.807) is 0 Å². The number of benzene rings is 1. The normalized spacial score (nSPS) is 12.4. The smallest absolute Gasteiger partial charge is 0.141 e. The number of nitrogens with one attached hydrogen (secondary N) is 1. The predicted octanol–water partition coefficient (Wildman–Crippen LogP) is 1.65. The monoisotopic (exact) mass is 191 g/mol. The van der Waals surface area contributed by atoms with E-state index in [0.29, 0.717) is 12.2 Å². The van der Waals surface area contributed by atoms with E-state index in [1.807, 2.05) is 44.3 Å². The molecule has 0 amide bonds. The van der Waals surface area contributed by atoms with Crippen LogP contribution in [0.4, 0.5) is 0 Å². The number of carbonyl (C=O) groups is 1. The number of hydrogen-bond acceptors (Lipinski definition) is 2. The van der Waals surface area contributed by atoms with E-state index in [0.717, 1.165) is 12.1 Å². The minimum absolute atomic E-state index is 0.0974. The Bertz CT molecular complexity index is 282. The fraction of sp³-hybridized carbons (Fsp3) is 0.417. The van der Waals surface area contributed by atoms with Gasteiger partial charge >= 0.3 is 0 Å². The third-order valence-electron chi connectivity index (χ3n) is 2.28. The Morgan fingerprint density at radius 1 is 1.36 bits per heavy atom. The van der Waals surface area contributed by atoms with Crippen LogP contribution in [0.2, 0.25) is 0 Å². The molecule has 1 aromatic rings. The molecule has 0 bridgehead atoms. The van der Waals surface area contributed by atoms with Gasteiger partial charge in [-0.05, 0) is 12.6 Å². The number of carbonyl (C=O) groups excluding carboxylic acids is 1. The molecule has 0 saturated carbocycles. The summed E-state index contributed by atoms with van der Waals surface area (Å²) in [5.74, 6) is 0.394. The molecule has 0 saturated heterocycles. The third-order valence-corrected chi connectivity index (χ3v) is 2.28. The number of ketones is 1. The van der Waals surface area contributed by atoms with Crippen molar-refractivity contribution in [2.24, 2.45) is 5.92 Å². The molecule has 1 aromatic carbocycles. The first-order valence-corrected chi connectivity index (χ1v) is 4.95. The molecular weight excluding hydrogens is 174 g/mol. The summed E-state index contributed by atoms with van der Waals surface area (Å²) in [5, 5.41) is 3.01. The van der Waals surface area contributed by atoms with Gasteiger partial charge in [-0.15, -0.1) is 0 Å². The second kappa shape index (κ2) is 5.55. The van der Waals surface area contributed by atoms with Gasteiger partial charge in [0.15, 0.2) is 0 Å². The second-order valence-electron chi connectivity index (χ2n) is 3.59. The lowest BCUT2D eigenvalue weighted by Crippen LogP contribution is -2.24. The fourth-order valence-corrected chi connectivity index (χ4v) is 1.39. The van der Waals surface area contributed by atoms with Crippen molar-refractivity contribution in [1.29, 1.82) is 0 Å². The quantitative estimate of drug-likeness (QED) is 0.766. The molecule has 1 rings (SSSR count). The van der Waals surface area contributed by atoms with Crippen LogP contribution in [-0.2, 0) is 11.2 Å². The first kappa shape index (κ1) is 10.9. The van der Waals surface area contributed by atoms with Crippen molar-refractivity contribution in [3.8, 4) is 0 Å². The third kappa shape index (κ3) is 3.30. The van der Waals surface area contributed by atoms with Gasteiger partial charge in [0.25, 0.3) is 0 Å². The molecule has 1 N–H and O–H groups in total. The molecule has 2 heteroatoms. The van der Waals surface area contributed by atoms with Crippen LogP contribution in [-0.4, -0.2) is 19.4 Å². The maximum atomic E-state index is 11.7. The summed E-state index contributed by atoms with van der Waals surface area (Å²) in [6, 6.07) is 9.87. The van der Waals surface area contributed by atoms with Crippen molar-refractivity contribution in [3.63, 3.8) is 0 Å². The lowest BCUT2D eigenvalue weighted by atomic mass is 9.99. The lowest BCUT2D eigenvalue weighted by Gasteiger charge is -2.09. The van der Waals surface area contributed by atoms with Gasteiger partial charge in [0.2, 0.25) is 0 Å². The Morgan fingerprint density at radius 2 is 2.00 bits per heavy atom. The van der Waals surface area contributed by atoms with Crippen molar-refractivity contribution >= 4 is 5.78 Å². The van der Waals surface area contributed by atoms with Crippen LogP contribution in [0, 0.1) is 5.92 Å². The van der Waals surface area contributed by atoms with E-state index < -0.39 is 0 Å². The SMILES string of the molecule is CNCC(C)C(=O)Cc1ccccc1. The highest BCUT2D eigenvalue weighted by molar-refractivity contribution is 5.83. The van der Waals surface area contributed by atoms with Crippen LogP contribution >= 0.6 is 0 Å². The van der Waals surface area contributed by atoms with E-state index in [1.165, 1.54) is 0 Å². The minimum Gasteiger partial charge on any atom is -0.319 e. The Hall–Kier alpha value is -1.15. The lowest BCUT2D eigenvalue weighted by molar-refractivity contribution is -0.121. The molecule has 0 aliphatic heterocycles. The number of hydrogen-bond donors (Lipinski definition) is 1. The van der Waals surface area contributed by atoms with E-state index in [4.69, 9.17) is 0 Å². The minimum atomic E-state index is 0.0974. The van der Waals surface area contributed by atoms with Gasteiger partial charge in [0.05, 0.1) is 0 Å². The van der Waals surface area contributed by atoms with Crippen molar-refractivity contribution in [2.45, 2.75) is 13.3 Å². The molecule has 1 unspecified atom stereocenters. The Labute approximate surface area is 85.3 Å². The van der Waals surface area contributed by atoms with Crippen LogP contribution in [0.5, 0.6) is 0 Å². The van der Waals surface area contributed by atoms with Crippen LogP contribution in [0.3, 0.4) is 0 Å². The van der Waals surface area contributed by atoms with Gasteiger partial charge in [0, 0.05) is 18.9 Å². The molecule has 14 heavy (non-hydrogen) atoms. The van der Waals surface area contributed by atoms with Crippen LogP contribution < -0.4 is 5.32 Å². The number of Topliss-reactive ketones (excluding diaryl/α,β-unsaturated/α-hetero) is 1. The van der Waals surface area contributed by atoms with E-state index in [-0.39, 0.29) is 5.92 Å². The largest absolute Gasteiger partial charge is 0.319 e. The van der Waals surface area contributed by atoms with Crippen LogP contribution in [0.15, 0.2) is 30.3 Å². The summed E-state index contributed by atoms with van der Waals surface area (Å²) >= 11 is 0. The fourth-order valence-electron chi connectivity index (χ4n) is 1.39. The Morgan fingerprint density at radius 3 is 2.57 bits per heavy atom. The molecule has 0 fully saturated rings. The zero-order chi connectivity index (χ0) is 10.4. The van der Waals surface area contributed by atoms with E-state index in [2.05, 4.69) is 5.32 Å².